The quantitative estimate of drug-likeness (QED) is 0.351. The summed E-state index contributed by atoms with van der Waals surface area (Å²) in [5, 5.41) is 6.08. The Morgan fingerprint density at radius 1 is 1.07 bits per heavy atom. The highest BCUT2D eigenvalue weighted by Crippen LogP contribution is 2.42. The fourth-order valence-corrected chi connectivity index (χ4v) is 5.93. The summed E-state index contributed by atoms with van der Waals surface area (Å²) in [6.45, 7) is 16.2. The summed E-state index contributed by atoms with van der Waals surface area (Å²) in [4.78, 5) is 39.7. The molecule has 9 heteroatoms. The van der Waals surface area contributed by atoms with Gasteiger partial charge in [0.2, 0.25) is 0 Å². The number of aryl methyl sites for hydroxylation is 1. The van der Waals surface area contributed by atoms with Gasteiger partial charge < -0.3 is 18.9 Å². The summed E-state index contributed by atoms with van der Waals surface area (Å²) in [7, 11) is 0. The molecule has 1 aromatic carbocycles. The molecule has 0 N–H and O–H groups in total. The van der Waals surface area contributed by atoms with Gasteiger partial charge in [-0.3, -0.25) is 9.48 Å². The topological polar surface area (TPSA) is 95.7 Å². The van der Waals surface area contributed by atoms with E-state index >= 15 is 0 Å². The van der Waals surface area contributed by atoms with Gasteiger partial charge in [0, 0.05) is 30.7 Å². The number of aromatic nitrogens is 3. The molecule has 1 saturated heterocycles. The fraction of sp³-hybridized carbons (Fsp3) is 0.562. The highest BCUT2D eigenvalue weighted by Gasteiger charge is 2.36. The lowest BCUT2D eigenvalue weighted by Gasteiger charge is -2.39. The first-order valence-corrected chi connectivity index (χ1v) is 14.7. The number of benzene rings is 1. The molecule has 3 aromatic rings. The van der Waals surface area contributed by atoms with Crippen LogP contribution in [0.15, 0.2) is 35.3 Å². The van der Waals surface area contributed by atoms with Crippen LogP contribution < -0.4 is 5.43 Å². The van der Waals surface area contributed by atoms with E-state index in [0.29, 0.717) is 12.5 Å². The summed E-state index contributed by atoms with van der Waals surface area (Å²) in [6.07, 6.45) is 4.36. The van der Waals surface area contributed by atoms with Crippen LogP contribution in [0.1, 0.15) is 83.3 Å². The van der Waals surface area contributed by atoms with Crippen LogP contribution in [0, 0.1) is 11.3 Å². The van der Waals surface area contributed by atoms with Crippen molar-refractivity contribution in [1.29, 1.82) is 0 Å². The van der Waals surface area contributed by atoms with Crippen LogP contribution in [-0.2, 0) is 22.4 Å². The Bertz CT molecular complexity index is 1530. The predicted molar refractivity (Wildman–Crippen MR) is 158 cm³/mol. The van der Waals surface area contributed by atoms with Gasteiger partial charge in [-0.05, 0) is 63.9 Å². The second kappa shape index (κ2) is 10.7. The lowest BCUT2D eigenvalue weighted by molar-refractivity contribution is -0.00234. The van der Waals surface area contributed by atoms with E-state index in [2.05, 4.69) is 43.5 Å². The predicted octanol–water partition coefficient (Wildman–Crippen LogP) is 5.83. The molecule has 1 unspecified atom stereocenters. The summed E-state index contributed by atoms with van der Waals surface area (Å²) in [6, 6.07) is 7.81. The molecule has 0 radical (unpaired) electrons. The van der Waals surface area contributed by atoms with Gasteiger partial charge in [-0.2, -0.15) is 5.10 Å². The average Bonchev–Trinajstić information content (AvgIpc) is 3.22. The second-order valence-electron chi connectivity index (χ2n) is 13.4. The molecule has 220 valence electrons. The van der Waals surface area contributed by atoms with Crippen LogP contribution in [0.3, 0.4) is 0 Å². The van der Waals surface area contributed by atoms with Crippen LogP contribution in [0.4, 0.5) is 4.79 Å². The first kappa shape index (κ1) is 28.9. The van der Waals surface area contributed by atoms with Crippen molar-refractivity contribution in [1.82, 2.24) is 19.2 Å². The van der Waals surface area contributed by atoms with Crippen molar-refractivity contribution in [2.75, 3.05) is 19.7 Å². The third-order valence-corrected chi connectivity index (χ3v) is 8.02. The Labute approximate surface area is 241 Å². The molecular formula is C32H42N4O5. The number of amides is 1. The molecule has 1 atom stereocenters. The Balaban J connectivity index is 1.38. The number of esters is 1. The maximum Gasteiger partial charge on any atom is 0.410 e. The smallest absolute Gasteiger partial charge is 0.410 e. The average molecular weight is 563 g/mol. The Hall–Kier alpha value is -3.62. The van der Waals surface area contributed by atoms with E-state index in [4.69, 9.17) is 14.6 Å². The zero-order valence-corrected chi connectivity index (χ0v) is 25.3. The van der Waals surface area contributed by atoms with Gasteiger partial charge in [0.1, 0.15) is 11.2 Å². The number of hydrogen-bond acceptors (Lipinski definition) is 6. The van der Waals surface area contributed by atoms with Crippen molar-refractivity contribution in [3.8, 4) is 11.4 Å². The maximum atomic E-state index is 13.1. The van der Waals surface area contributed by atoms with E-state index in [-0.39, 0.29) is 35.1 Å². The molecule has 4 heterocycles. The molecule has 1 fully saturated rings. The minimum absolute atomic E-state index is 0.0110. The first-order valence-electron chi connectivity index (χ1n) is 14.7. The highest BCUT2D eigenvalue weighted by molar-refractivity contribution is 5.95. The lowest BCUT2D eigenvalue weighted by Crippen LogP contribution is -2.51. The van der Waals surface area contributed by atoms with E-state index < -0.39 is 11.6 Å². The summed E-state index contributed by atoms with van der Waals surface area (Å²) in [5.41, 5.74) is 2.89. The molecule has 2 aliphatic heterocycles. The highest BCUT2D eigenvalue weighted by atomic mass is 16.6. The molecule has 1 amide bonds. The number of hydrogen-bond donors (Lipinski definition) is 0. The molecule has 2 aromatic heterocycles. The van der Waals surface area contributed by atoms with E-state index in [1.165, 1.54) is 5.56 Å². The summed E-state index contributed by atoms with van der Waals surface area (Å²) >= 11 is 0. The Kier molecular flexibility index (Phi) is 7.51. The number of ether oxygens (including phenoxy) is 2. The number of fused-ring (bicyclic) bond motifs is 5. The lowest BCUT2D eigenvalue weighted by atomic mass is 9.84. The number of pyridine rings is 1. The van der Waals surface area contributed by atoms with Crippen molar-refractivity contribution in [3.05, 3.63) is 51.8 Å². The number of nitrogens with zero attached hydrogens (tertiary/aromatic N) is 4. The van der Waals surface area contributed by atoms with Crippen LogP contribution in [0.5, 0.6) is 0 Å². The Morgan fingerprint density at radius 3 is 2.46 bits per heavy atom. The molecule has 2 aliphatic rings. The van der Waals surface area contributed by atoms with Gasteiger partial charge in [-0.25, -0.2) is 9.59 Å². The van der Waals surface area contributed by atoms with Gasteiger partial charge in [-0.15, -0.1) is 0 Å². The van der Waals surface area contributed by atoms with Crippen LogP contribution >= 0.6 is 0 Å². The standard InChI is InChI=1S/C32H42N4O5/c1-8-40-29(38)23-18-35-24(15-25(23)37)28-22-14-10-13-21(27(22)33-36(28)19-26(35)31(2,3)4)12-9-11-20-16-34(17-20)30(39)41-32(5,6)7/h10,13-15,18,20,26H,8-9,11-12,16-17,19H2,1-7H3. The number of carbonyl (C=O) groups excluding carboxylic acids is 2. The number of carbonyl (C=O) groups is 2. The van der Waals surface area contributed by atoms with Crippen molar-refractivity contribution in [2.45, 2.75) is 85.9 Å². The minimum atomic E-state index is -0.590. The number of rotatable bonds is 6. The maximum absolute atomic E-state index is 13.1. The largest absolute Gasteiger partial charge is 0.462 e. The number of likely N-dealkylation sites (tertiary alicyclic amines) is 1. The normalized spacial score (nSPS) is 17.1. The summed E-state index contributed by atoms with van der Waals surface area (Å²) < 4.78 is 14.8. The molecule has 0 spiro atoms. The van der Waals surface area contributed by atoms with Gasteiger partial charge in [0.15, 0.2) is 5.43 Å². The van der Waals surface area contributed by atoms with Crippen molar-refractivity contribution in [2.24, 2.45) is 11.3 Å². The molecule has 0 bridgehead atoms. The third kappa shape index (κ3) is 5.76. The van der Waals surface area contributed by atoms with E-state index in [9.17, 15) is 14.4 Å². The summed E-state index contributed by atoms with van der Waals surface area (Å²) in [5.74, 6) is -0.107. The fourth-order valence-electron chi connectivity index (χ4n) is 5.93. The zero-order valence-electron chi connectivity index (χ0n) is 25.3. The van der Waals surface area contributed by atoms with Crippen LogP contribution in [0.25, 0.3) is 22.3 Å². The van der Waals surface area contributed by atoms with Gasteiger partial charge in [-0.1, -0.05) is 39.0 Å². The Morgan fingerprint density at radius 2 is 1.80 bits per heavy atom. The first-order chi connectivity index (χ1) is 19.3. The third-order valence-electron chi connectivity index (χ3n) is 8.02. The van der Waals surface area contributed by atoms with Crippen molar-refractivity contribution >= 4 is 23.0 Å². The molecular weight excluding hydrogens is 520 g/mol. The van der Waals surface area contributed by atoms with Crippen molar-refractivity contribution in [3.63, 3.8) is 0 Å². The molecule has 41 heavy (non-hydrogen) atoms. The zero-order chi connectivity index (χ0) is 29.7. The molecule has 0 aliphatic carbocycles. The van der Waals surface area contributed by atoms with E-state index in [1.807, 2.05) is 25.5 Å². The van der Waals surface area contributed by atoms with E-state index in [1.54, 1.807) is 24.1 Å². The van der Waals surface area contributed by atoms with Crippen molar-refractivity contribution < 1.29 is 19.1 Å². The SMILES string of the molecule is CCOC(=O)c1cn2c(cc1=O)-c1c3cccc(CCCC4CN(C(=O)OC(C)(C)C)C4)c3nn1CC2C(C)(C)C. The van der Waals surface area contributed by atoms with Crippen LogP contribution in [-0.4, -0.2) is 56.6 Å². The minimum Gasteiger partial charge on any atom is -0.462 e. The second-order valence-corrected chi connectivity index (χ2v) is 13.4. The van der Waals surface area contributed by atoms with Gasteiger partial charge >= 0.3 is 12.1 Å². The van der Waals surface area contributed by atoms with Crippen LogP contribution in [0.2, 0.25) is 0 Å². The van der Waals surface area contributed by atoms with Gasteiger partial charge in [0.25, 0.3) is 0 Å². The molecule has 0 saturated carbocycles. The van der Waals surface area contributed by atoms with E-state index in [0.717, 1.165) is 54.6 Å². The molecule has 9 nitrogen and oxygen atoms in total. The van der Waals surface area contributed by atoms with Gasteiger partial charge in [0.05, 0.1) is 36.1 Å². The molecule has 5 rings (SSSR count). The monoisotopic (exact) mass is 562 g/mol.